The Labute approximate surface area is 242 Å². The number of esters is 2. The van der Waals surface area contributed by atoms with E-state index in [-0.39, 0.29) is 28.6 Å². The molecule has 0 aliphatic heterocycles. The van der Waals surface area contributed by atoms with Crippen LogP contribution in [-0.4, -0.2) is 30.0 Å². The van der Waals surface area contributed by atoms with E-state index in [9.17, 15) is 9.59 Å². The number of halogens is 2. The number of carbonyl (C=O) groups excluding carboxylic acids is 2. The first kappa shape index (κ1) is 31.6. The molecule has 0 heterocycles. The normalized spacial score (nSPS) is 23.5. The highest BCUT2D eigenvalue weighted by atomic mass is 127. The largest absolute Gasteiger partial charge is 0.458 e. The van der Waals surface area contributed by atoms with Crippen LogP contribution in [0.2, 0.25) is 0 Å². The van der Waals surface area contributed by atoms with E-state index in [1.54, 1.807) is 0 Å². The lowest BCUT2D eigenvalue weighted by Gasteiger charge is -2.47. The van der Waals surface area contributed by atoms with Crippen LogP contribution in [0, 0.1) is 5.41 Å². The SMILES string of the molecule is CCC(C)(I)C(=O)OC1(CCCCC(I)(CC)C(=O)OC2(C(C)(C)C)CCCCC2)CCCCC1. The zero-order chi connectivity index (χ0) is 26.4. The van der Waals surface area contributed by atoms with E-state index in [2.05, 4.69) is 72.9 Å². The maximum atomic E-state index is 13.6. The summed E-state index contributed by atoms with van der Waals surface area (Å²) in [5, 5.41) is 0. The van der Waals surface area contributed by atoms with Crippen LogP contribution in [0.3, 0.4) is 0 Å². The number of unbranched alkanes of at least 4 members (excludes halogenated alkanes) is 1. The molecule has 0 radical (unpaired) electrons. The smallest absolute Gasteiger partial charge is 0.322 e. The summed E-state index contributed by atoms with van der Waals surface area (Å²) in [4.78, 5) is 26.5. The number of carbonyl (C=O) groups is 2. The molecule has 0 amide bonds. The van der Waals surface area contributed by atoms with Crippen LogP contribution >= 0.6 is 45.2 Å². The lowest BCUT2D eigenvalue weighted by molar-refractivity contribution is -0.182. The molecule has 204 valence electrons. The van der Waals surface area contributed by atoms with E-state index in [4.69, 9.17) is 9.47 Å². The van der Waals surface area contributed by atoms with Crippen molar-refractivity contribution in [2.24, 2.45) is 5.41 Å². The van der Waals surface area contributed by atoms with Crippen LogP contribution in [0.1, 0.15) is 144 Å². The molecule has 35 heavy (non-hydrogen) atoms. The van der Waals surface area contributed by atoms with Crippen molar-refractivity contribution in [3.63, 3.8) is 0 Å². The van der Waals surface area contributed by atoms with Crippen molar-refractivity contribution in [1.29, 1.82) is 0 Å². The maximum absolute atomic E-state index is 13.6. The third kappa shape index (κ3) is 8.19. The van der Waals surface area contributed by atoms with Crippen molar-refractivity contribution in [1.82, 2.24) is 0 Å². The lowest BCUT2D eigenvalue weighted by atomic mass is 9.68. The average molecular weight is 717 g/mol. The van der Waals surface area contributed by atoms with Crippen molar-refractivity contribution in [3.8, 4) is 0 Å². The molecule has 2 aliphatic rings. The van der Waals surface area contributed by atoms with Crippen molar-refractivity contribution < 1.29 is 19.1 Å². The Hall–Kier alpha value is 0.400. The second-order valence-corrected chi connectivity index (χ2v) is 16.9. The fourth-order valence-electron chi connectivity index (χ4n) is 5.72. The minimum absolute atomic E-state index is 0.0279. The first-order valence-corrected chi connectivity index (χ1v) is 16.3. The van der Waals surface area contributed by atoms with Gasteiger partial charge in [0.2, 0.25) is 0 Å². The molecule has 0 spiro atoms. The van der Waals surface area contributed by atoms with E-state index in [1.807, 2.05) is 13.8 Å². The van der Waals surface area contributed by atoms with E-state index in [1.165, 1.54) is 12.8 Å². The number of ether oxygens (including phenoxy) is 2. The summed E-state index contributed by atoms with van der Waals surface area (Å²) in [6.07, 6.45) is 16.0. The molecule has 2 unspecified atom stereocenters. The van der Waals surface area contributed by atoms with Crippen molar-refractivity contribution >= 4 is 57.1 Å². The van der Waals surface area contributed by atoms with E-state index in [0.29, 0.717) is 0 Å². The zero-order valence-electron chi connectivity index (χ0n) is 23.2. The summed E-state index contributed by atoms with van der Waals surface area (Å²) in [6, 6.07) is 0. The van der Waals surface area contributed by atoms with E-state index >= 15 is 0 Å². The first-order valence-electron chi connectivity index (χ1n) is 14.1. The molecule has 0 aromatic carbocycles. The van der Waals surface area contributed by atoms with Crippen LogP contribution in [0.15, 0.2) is 0 Å². The van der Waals surface area contributed by atoms with Gasteiger partial charge in [0, 0.05) is 5.41 Å². The summed E-state index contributed by atoms with van der Waals surface area (Å²) >= 11 is 4.61. The van der Waals surface area contributed by atoms with Gasteiger partial charge in [0.05, 0.1) is 0 Å². The quantitative estimate of drug-likeness (QED) is 0.0927. The topological polar surface area (TPSA) is 52.6 Å². The van der Waals surface area contributed by atoms with Gasteiger partial charge in [-0.3, -0.25) is 9.59 Å². The molecule has 2 fully saturated rings. The summed E-state index contributed by atoms with van der Waals surface area (Å²) in [5.41, 5.74) is -0.729. The highest BCUT2D eigenvalue weighted by Gasteiger charge is 2.49. The lowest BCUT2D eigenvalue weighted by Crippen LogP contribution is -2.51. The van der Waals surface area contributed by atoms with Gasteiger partial charge in [-0.15, -0.1) is 0 Å². The monoisotopic (exact) mass is 716 g/mol. The van der Waals surface area contributed by atoms with Gasteiger partial charge in [-0.05, 0) is 90.4 Å². The molecule has 0 N–H and O–H groups in total. The fourth-order valence-corrected chi connectivity index (χ4v) is 6.32. The number of hydrogen-bond donors (Lipinski definition) is 0. The van der Waals surface area contributed by atoms with Gasteiger partial charge in [0.25, 0.3) is 0 Å². The predicted octanol–water partition coefficient (Wildman–Crippen LogP) is 9.27. The van der Waals surface area contributed by atoms with Crippen LogP contribution < -0.4 is 0 Å². The molecular formula is C29H50I2O4. The Kier molecular flexibility index (Phi) is 11.7. The molecule has 0 saturated heterocycles. The van der Waals surface area contributed by atoms with E-state index in [0.717, 1.165) is 89.9 Å². The molecular weight excluding hydrogens is 666 g/mol. The summed E-state index contributed by atoms with van der Waals surface area (Å²) in [5.74, 6) is -0.0947. The van der Waals surface area contributed by atoms with Gasteiger partial charge in [-0.1, -0.05) is 99.1 Å². The van der Waals surface area contributed by atoms with Crippen molar-refractivity contribution in [2.45, 2.75) is 162 Å². The Balaban J connectivity index is 2.00. The molecule has 0 aromatic heterocycles. The van der Waals surface area contributed by atoms with Crippen LogP contribution in [0.4, 0.5) is 0 Å². The molecule has 0 bridgehead atoms. The van der Waals surface area contributed by atoms with Crippen LogP contribution in [0.25, 0.3) is 0 Å². The molecule has 0 aromatic rings. The number of rotatable bonds is 11. The summed E-state index contributed by atoms with van der Waals surface area (Å²) in [7, 11) is 0. The Morgan fingerprint density at radius 3 is 1.77 bits per heavy atom. The van der Waals surface area contributed by atoms with Gasteiger partial charge in [0.1, 0.15) is 18.0 Å². The Morgan fingerprint density at radius 2 is 1.29 bits per heavy atom. The number of hydrogen-bond acceptors (Lipinski definition) is 4. The minimum atomic E-state index is -0.493. The third-order valence-corrected chi connectivity index (χ3v) is 11.8. The average Bonchev–Trinajstić information content (AvgIpc) is 2.82. The Bertz CT molecular complexity index is 700. The zero-order valence-corrected chi connectivity index (χ0v) is 27.5. The van der Waals surface area contributed by atoms with Gasteiger partial charge >= 0.3 is 11.9 Å². The molecule has 6 heteroatoms. The molecule has 2 aliphatic carbocycles. The van der Waals surface area contributed by atoms with Gasteiger partial charge in [-0.2, -0.15) is 0 Å². The van der Waals surface area contributed by atoms with Gasteiger partial charge in [0.15, 0.2) is 0 Å². The molecule has 2 rings (SSSR count). The first-order chi connectivity index (χ1) is 16.2. The highest BCUT2D eigenvalue weighted by Crippen LogP contribution is 2.47. The van der Waals surface area contributed by atoms with E-state index < -0.39 is 6.84 Å². The summed E-state index contributed by atoms with van der Waals surface area (Å²) in [6.45, 7) is 12.8. The second kappa shape index (κ2) is 13.0. The standard InChI is InChI=1S/C29H50I2O4/c1-7-26(6,30)23(32)34-27(17-11-9-12-18-27)19-15-16-20-28(31,8-2)24(33)35-29(25(3,4)5)21-13-10-14-22-29/h7-22H2,1-6H3. The number of alkyl halides is 2. The van der Waals surface area contributed by atoms with Crippen molar-refractivity contribution in [2.75, 3.05) is 0 Å². The van der Waals surface area contributed by atoms with Crippen LogP contribution in [0.5, 0.6) is 0 Å². The third-order valence-electron chi connectivity index (χ3n) is 8.86. The molecule has 2 atom stereocenters. The van der Waals surface area contributed by atoms with Crippen LogP contribution in [-0.2, 0) is 19.1 Å². The minimum Gasteiger partial charge on any atom is -0.458 e. The Morgan fingerprint density at radius 1 is 0.743 bits per heavy atom. The maximum Gasteiger partial charge on any atom is 0.322 e. The molecule has 4 nitrogen and oxygen atoms in total. The van der Waals surface area contributed by atoms with Gasteiger partial charge in [-0.25, -0.2) is 0 Å². The summed E-state index contributed by atoms with van der Waals surface area (Å²) < 4.78 is 11.7. The van der Waals surface area contributed by atoms with Gasteiger partial charge < -0.3 is 9.47 Å². The highest BCUT2D eigenvalue weighted by molar-refractivity contribution is 14.1. The second-order valence-electron chi connectivity index (χ2n) is 12.4. The predicted molar refractivity (Wildman–Crippen MR) is 161 cm³/mol. The van der Waals surface area contributed by atoms with Crippen molar-refractivity contribution in [3.05, 3.63) is 0 Å². The fraction of sp³-hybridized carbons (Fsp3) is 0.931. The molecule has 2 saturated carbocycles.